The Morgan fingerprint density at radius 2 is 1.89 bits per heavy atom. The molecule has 148 valence electrons. The van der Waals surface area contributed by atoms with Crippen LogP contribution in [0.2, 0.25) is 0 Å². The Morgan fingerprint density at radius 3 is 2.56 bits per heavy atom. The summed E-state index contributed by atoms with van der Waals surface area (Å²) < 4.78 is 0. The van der Waals surface area contributed by atoms with Crippen LogP contribution in [-0.4, -0.2) is 58.8 Å². The zero-order valence-electron chi connectivity index (χ0n) is 16.7. The topological polar surface area (TPSA) is 40.6 Å². The number of hydrogen-bond donors (Lipinski definition) is 0. The van der Waals surface area contributed by atoms with Crippen molar-refractivity contribution in [1.29, 1.82) is 0 Å². The second kappa shape index (κ2) is 9.13. The Bertz CT molecular complexity index is 641. The van der Waals surface area contributed by atoms with Crippen molar-refractivity contribution in [1.82, 2.24) is 9.80 Å². The van der Waals surface area contributed by atoms with Crippen molar-refractivity contribution >= 4 is 23.6 Å². The number of likely N-dealkylation sites (tertiary alicyclic amines) is 2. The monoisotopic (exact) mass is 388 g/mol. The summed E-state index contributed by atoms with van der Waals surface area (Å²) >= 11 is 1.72. The van der Waals surface area contributed by atoms with E-state index in [2.05, 4.69) is 36.1 Å². The van der Waals surface area contributed by atoms with Crippen molar-refractivity contribution in [2.75, 3.05) is 31.9 Å². The predicted molar refractivity (Wildman–Crippen MR) is 112 cm³/mol. The van der Waals surface area contributed by atoms with E-state index in [1.165, 1.54) is 5.56 Å². The van der Waals surface area contributed by atoms with Gasteiger partial charge in [-0.05, 0) is 49.3 Å². The molecule has 0 unspecified atom stereocenters. The Morgan fingerprint density at radius 1 is 1.19 bits per heavy atom. The summed E-state index contributed by atoms with van der Waals surface area (Å²) in [6.07, 6.45) is 4.60. The third-order valence-electron chi connectivity index (χ3n) is 6.16. The molecule has 2 aliphatic rings. The average molecular weight is 389 g/mol. The van der Waals surface area contributed by atoms with Crippen molar-refractivity contribution in [2.45, 2.75) is 51.2 Å². The quantitative estimate of drug-likeness (QED) is 0.748. The zero-order chi connectivity index (χ0) is 19.3. The predicted octanol–water partition coefficient (Wildman–Crippen LogP) is 3.60. The molecule has 0 radical (unpaired) electrons. The number of benzene rings is 1. The van der Waals surface area contributed by atoms with E-state index in [0.29, 0.717) is 12.3 Å². The third-order valence-corrected chi connectivity index (χ3v) is 7.20. The summed E-state index contributed by atoms with van der Waals surface area (Å²) in [4.78, 5) is 29.1. The minimum atomic E-state index is 0.0550. The first kappa shape index (κ1) is 20.2. The molecule has 27 heavy (non-hydrogen) atoms. The molecule has 0 bridgehead atoms. The van der Waals surface area contributed by atoms with Gasteiger partial charge >= 0.3 is 0 Å². The lowest BCUT2D eigenvalue weighted by Gasteiger charge is -2.47. The van der Waals surface area contributed by atoms with Crippen LogP contribution in [0.5, 0.6) is 0 Å². The molecule has 2 fully saturated rings. The first-order valence-corrected chi connectivity index (χ1v) is 11.3. The molecule has 0 aliphatic carbocycles. The number of carbonyl (C=O) groups is 2. The van der Waals surface area contributed by atoms with E-state index in [1.807, 2.05) is 17.9 Å². The molecular formula is C22H32N2O2S. The first-order chi connectivity index (χ1) is 13.0. The Kier molecular flexibility index (Phi) is 6.85. The number of piperidine rings is 2. The minimum absolute atomic E-state index is 0.0550. The lowest BCUT2D eigenvalue weighted by atomic mass is 9.72. The normalized spacial score (nSPS) is 20.7. The Labute approximate surface area is 167 Å². The Hall–Kier alpha value is -1.49. The van der Waals surface area contributed by atoms with E-state index in [1.54, 1.807) is 11.8 Å². The number of nitrogens with zero attached hydrogens (tertiary/aromatic N) is 2. The number of amides is 2. The summed E-state index contributed by atoms with van der Waals surface area (Å²) in [5.41, 5.74) is 1.50. The van der Waals surface area contributed by atoms with Gasteiger partial charge in [0.25, 0.3) is 0 Å². The van der Waals surface area contributed by atoms with Gasteiger partial charge in [-0.1, -0.05) is 37.3 Å². The third kappa shape index (κ3) is 5.07. The van der Waals surface area contributed by atoms with E-state index in [-0.39, 0.29) is 16.6 Å². The van der Waals surface area contributed by atoms with Gasteiger partial charge in [-0.25, -0.2) is 0 Å². The van der Waals surface area contributed by atoms with E-state index < -0.39 is 0 Å². The largest absolute Gasteiger partial charge is 0.342 e. The van der Waals surface area contributed by atoms with Gasteiger partial charge in [0.1, 0.15) is 0 Å². The molecule has 1 atom stereocenters. The molecule has 2 saturated heterocycles. The molecule has 0 N–H and O–H groups in total. The molecule has 1 spiro atoms. The number of rotatable bonds is 6. The van der Waals surface area contributed by atoms with Gasteiger partial charge in [0.2, 0.25) is 11.8 Å². The lowest BCUT2D eigenvalue weighted by Crippen LogP contribution is -2.53. The average Bonchev–Trinajstić information content (AvgIpc) is 2.70. The highest BCUT2D eigenvalue weighted by atomic mass is 32.2. The second-order valence-corrected chi connectivity index (χ2v) is 9.59. The number of hydrogen-bond acceptors (Lipinski definition) is 3. The van der Waals surface area contributed by atoms with Gasteiger partial charge in [-0.15, -0.1) is 11.8 Å². The summed E-state index contributed by atoms with van der Waals surface area (Å²) in [6.45, 7) is 7.47. The fourth-order valence-corrected chi connectivity index (χ4v) is 5.19. The Balaban J connectivity index is 1.54. The van der Waals surface area contributed by atoms with Gasteiger partial charge < -0.3 is 9.80 Å². The smallest absolute Gasteiger partial charge is 0.235 e. The van der Waals surface area contributed by atoms with Crippen molar-refractivity contribution in [3.63, 3.8) is 0 Å². The van der Waals surface area contributed by atoms with Crippen LogP contribution in [-0.2, 0) is 16.0 Å². The standard InChI is InChI=1S/C22H32N2O2S/c1-3-27-18(2)21(26)23-15-12-22(13-16-23)11-9-20(25)24(17-22)14-10-19-7-5-4-6-8-19/h4-8,18H,3,9-17H2,1-2H3/t18-/m0/s1. The fourth-order valence-electron chi connectivity index (χ4n) is 4.40. The maximum atomic E-state index is 12.6. The molecule has 0 aromatic heterocycles. The maximum absolute atomic E-state index is 12.6. The number of thioether (sulfide) groups is 1. The second-order valence-electron chi connectivity index (χ2n) is 7.97. The molecule has 2 amide bonds. The van der Waals surface area contributed by atoms with E-state index in [0.717, 1.165) is 57.6 Å². The van der Waals surface area contributed by atoms with Crippen molar-refractivity contribution in [2.24, 2.45) is 5.41 Å². The van der Waals surface area contributed by atoms with Crippen LogP contribution in [0.4, 0.5) is 0 Å². The van der Waals surface area contributed by atoms with E-state index in [4.69, 9.17) is 0 Å². The van der Waals surface area contributed by atoms with Crippen LogP contribution in [0.3, 0.4) is 0 Å². The van der Waals surface area contributed by atoms with Crippen molar-refractivity contribution in [3.05, 3.63) is 35.9 Å². The summed E-state index contributed by atoms with van der Waals surface area (Å²) in [6, 6.07) is 10.4. The van der Waals surface area contributed by atoms with Crippen LogP contribution in [0, 0.1) is 5.41 Å². The molecular weight excluding hydrogens is 356 g/mol. The molecule has 4 nitrogen and oxygen atoms in total. The molecule has 1 aromatic carbocycles. The minimum Gasteiger partial charge on any atom is -0.342 e. The number of carbonyl (C=O) groups excluding carboxylic acids is 2. The van der Waals surface area contributed by atoms with Gasteiger partial charge in [0.15, 0.2) is 0 Å². The van der Waals surface area contributed by atoms with Gasteiger partial charge in [0.05, 0.1) is 5.25 Å². The molecule has 2 heterocycles. The van der Waals surface area contributed by atoms with Crippen LogP contribution in [0.15, 0.2) is 30.3 Å². The first-order valence-electron chi connectivity index (χ1n) is 10.2. The van der Waals surface area contributed by atoms with Crippen LogP contribution < -0.4 is 0 Å². The lowest BCUT2D eigenvalue weighted by molar-refractivity contribution is -0.142. The van der Waals surface area contributed by atoms with Crippen LogP contribution in [0.1, 0.15) is 45.1 Å². The SMILES string of the molecule is CCS[C@@H](C)C(=O)N1CCC2(CCC(=O)N(CCc3ccccc3)C2)CC1. The molecule has 5 heteroatoms. The maximum Gasteiger partial charge on any atom is 0.235 e. The molecule has 1 aromatic rings. The fraction of sp³-hybridized carbons (Fsp3) is 0.636. The van der Waals surface area contributed by atoms with Gasteiger partial charge in [0, 0.05) is 32.6 Å². The highest BCUT2D eigenvalue weighted by molar-refractivity contribution is 8.00. The van der Waals surface area contributed by atoms with Crippen LogP contribution >= 0.6 is 11.8 Å². The summed E-state index contributed by atoms with van der Waals surface area (Å²) in [5.74, 6) is 1.55. The molecule has 0 saturated carbocycles. The summed E-state index contributed by atoms with van der Waals surface area (Å²) in [7, 11) is 0. The van der Waals surface area contributed by atoms with Gasteiger partial charge in [-0.3, -0.25) is 9.59 Å². The van der Waals surface area contributed by atoms with Gasteiger partial charge in [-0.2, -0.15) is 0 Å². The van der Waals surface area contributed by atoms with Crippen LogP contribution in [0.25, 0.3) is 0 Å². The molecule has 3 rings (SSSR count). The summed E-state index contributed by atoms with van der Waals surface area (Å²) in [5, 5.41) is 0.0550. The van der Waals surface area contributed by atoms with E-state index >= 15 is 0 Å². The molecule has 2 aliphatic heterocycles. The highest BCUT2D eigenvalue weighted by Crippen LogP contribution is 2.40. The van der Waals surface area contributed by atoms with E-state index in [9.17, 15) is 9.59 Å². The highest BCUT2D eigenvalue weighted by Gasteiger charge is 2.41. The zero-order valence-corrected chi connectivity index (χ0v) is 17.5. The van der Waals surface area contributed by atoms with Crippen molar-refractivity contribution < 1.29 is 9.59 Å². The van der Waals surface area contributed by atoms with Crippen molar-refractivity contribution in [3.8, 4) is 0 Å².